The molecular formula is C12H16N2O. The number of amides is 1. The van der Waals surface area contributed by atoms with Gasteiger partial charge in [0.05, 0.1) is 11.7 Å². The van der Waals surface area contributed by atoms with E-state index in [-0.39, 0.29) is 11.9 Å². The third-order valence-electron chi connectivity index (χ3n) is 2.74. The molecule has 3 nitrogen and oxygen atoms in total. The van der Waals surface area contributed by atoms with Crippen LogP contribution in [0.5, 0.6) is 0 Å². The van der Waals surface area contributed by atoms with Gasteiger partial charge in [-0.1, -0.05) is 19.9 Å². The van der Waals surface area contributed by atoms with Gasteiger partial charge in [0.25, 0.3) is 0 Å². The third-order valence-corrected chi connectivity index (χ3v) is 2.74. The van der Waals surface area contributed by atoms with Crippen LogP contribution in [0.15, 0.2) is 18.2 Å². The summed E-state index contributed by atoms with van der Waals surface area (Å²) in [4.78, 5) is 15.7. The molecule has 1 fully saturated rings. The van der Waals surface area contributed by atoms with Crippen molar-refractivity contribution in [3.8, 4) is 0 Å². The van der Waals surface area contributed by atoms with Gasteiger partial charge < -0.3 is 5.32 Å². The van der Waals surface area contributed by atoms with Crippen molar-refractivity contribution in [2.75, 3.05) is 0 Å². The van der Waals surface area contributed by atoms with Crippen LogP contribution in [0.25, 0.3) is 0 Å². The molecular weight excluding hydrogens is 188 g/mol. The molecule has 80 valence electrons. The van der Waals surface area contributed by atoms with Crippen molar-refractivity contribution in [1.29, 1.82) is 0 Å². The summed E-state index contributed by atoms with van der Waals surface area (Å²) in [5, 5.41) is 2.93. The van der Waals surface area contributed by atoms with Gasteiger partial charge in [-0.25, -0.2) is 0 Å². The molecule has 0 aliphatic carbocycles. The van der Waals surface area contributed by atoms with E-state index >= 15 is 0 Å². The van der Waals surface area contributed by atoms with Crippen molar-refractivity contribution >= 4 is 5.91 Å². The highest BCUT2D eigenvalue weighted by molar-refractivity contribution is 5.78. The van der Waals surface area contributed by atoms with Gasteiger partial charge in [-0.3, -0.25) is 9.78 Å². The van der Waals surface area contributed by atoms with E-state index in [0.29, 0.717) is 12.3 Å². The molecule has 1 aliphatic rings. The van der Waals surface area contributed by atoms with Crippen molar-refractivity contribution in [2.45, 2.75) is 38.6 Å². The summed E-state index contributed by atoms with van der Waals surface area (Å²) >= 11 is 0. The van der Waals surface area contributed by atoms with Crippen LogP contribution in [0.1, 0.15) is 50.0 Å². The van der Waals surface area contributed by atoms with Gasteiger partial charge in [-0.2, -0.15) is 0 Å². The van der Waals surface area contributed by atoms with Gasteiger partial charge in [0.15, 0.2) is 0 Å². The van der Waals surface area contributed by atoms with Gasteiger partial charge in [0.1, 0.15) is 0 Å². The fourth-order valence-corrected chi connectivity index (χ4v) is 1.82. The standard InChI is InChI=1S/C12H16N2O/c1-8(2)9-4-3-5-10(13-9)11-6-7-12(15)14-11/h3-5,8,11H,6-7H2,1-2H3,(H,14,15). The Bertz CT molecular complexity index is 374. The van der Waals surface area contributed by atoms with Crippen molar-refractivity contribution in [3.05, 3.63) is 29.6 Å². The molecule has 0 aromatic carbocycles. The molecule has 0 saturated carbocycles. The SMILES string of the molecule is CC(C)c1cccc(C2CCC(=O)N2)n1. The van der Waals surface area contributed by atoms with E-state index in [9.17, 15) is 4.79 Å². The predicted molar refractivity (Wildman–Crippen MR) is 58.4 cm³/mol. The molecule has 1 saturated heterocycles. The Morgan fingerprint density at radius 3 is 2.87 bits per heavy atom. The first kappa shape index (κ1) is 10.1. The highest BCUT2D eigenvalue weighted by Gasteiger charge is 2.23. The van der Waals surface area contributed by atoms with Crippen LogP contribution < -0.4 is 5.32 Å². The number of carbonyl (C=O) groups excluding carboxylic acids is 1. The Kier molecular flexibility index (Phi) is 2.71. The smallest absolute Gasteiger partial charge is 0.220 e. The Morgan fingerprint density at radius 2 is 2.27 bits per heavy atom. The minimum atomic E-state index is 0.121. The fraction of sp³-hybridized carbons (Fsp3) is 0.500. The molecule has 1 aliphatic heterocycles. The number of hydrogen-bond donors (Lipinski definition) is 1. The van der Waals surface area contributed by atoms with Crippen molar-refractivity contribution in [1.82, 2.24) is 10.3 Å². The molecule has 1 N–H and O–H groups in total. The van der Waals surface area contributed by atoms with E-state index in [4.69, 9.17) is 0 Å². The topological polar surface area (TPSA) is 42.0 Å². The molecule has 3 heteroatoms. The number of hydrogen-bond acceptors (Lipinski definition) is 2. The van der Waals surface area contributed by atoms with Crippen molar-refractivity contribution in [2.24, 2.45) is 0 Å². The molecule has 15 heavy (non-hydrogen) atoms. The number of nitrogens with one attached hydrogen (secondary N) is 1. The van der Waals surface area contributed by atoms with Gasteiger partial charge in [0, 0.05) is 12.1 Å². The van der Waals surface area contributed by atoms with Crippen LogP contribution in [-0.4, -0.2) is 10.9 Å². The lowest BCUT2D eigenvalue weighted by molar-refractivity contribution is -0.119. The van der Waals surface area contributed by atoms with Crippen LogP contribution >= 0.6 is 0 Å². The maximum absolute atomic E-state index is 11.1. The molecule has 1 unspecified atom stereocenters. The Balaban J connectivity index is 2.21. The van der Waals surface area contributed by atoms with E-state index < -0.39 is 0 Å². The second-order valence-corrected chi connectivity index (χ2v) is 4.30. The molecule has 2 rings (SSSR count). The zero-order chi connectivity index (χ0) is 10.8. The number of aromatic nitrogens is 1. The minimum Gasteiger partial charge on any atom is -0.348 e. The highest BCUT2D eigenvalue weighted by atomic mass is 16.1. The van der Waals surface area contributed by atoms with E-state index in [0.717, 1.165) is 17.8 Å². The predicted octanol–water partition coefficient (Wildman–Crippen LogP) is 2.16. The van der Waals surface area contributed by atoms with Gasteiger partial charge in [0.2, 0.25) is 5.91 Å². The summed E-state index contributed by atoms with van der Waals surface area (Å²) in [6, 6.07) is 6.16. The molecule has 1 amide bonds. The zero-order valence-corrected chi connectivity index (χ0v) is 9.16. The maximum atomic E-state index is 11.1. The normalized spacial score (nSPS) is 20.7. The van der Waals surface area contributed by atoms with Crippen LogP contribution in [-0.2, 0) is 4.79 Å². The molecule has 0 radical (unpaired) electrons. The lowest BCUT2D eigenvalue weighted by atomic mass is 10.1. The van der Waals surface area contributed by atoms with Crippen LogP contribution in [0.4, 0.5) is 0 Å². The van der Waals surface area contributed by atoms with E-state index in [1.165, 1.54) is 0 Å². The second kappa shape index (κ2) is 4.01. The minimum absolute atomic E-state index is 0.121. The summed E-state index contributed by atoms with van der Waals surface area (Å²) < 4.78 is 0. The summed E-state index contributed by atoms with van der Waals surface area (Å²) in [6.07, 6.45) is 1.49. The number of carbonyl (C=O) groups is 1. The molecule has 1 atom stereocenters. The van der Waals surface area contributed by atoms with Crippen molar-refractivity contribution < 1.29 is 4.79 Å². The number of pyridine rings is 1. The first-order valence-corrected chi connectivity index (χ1v) is 5.43. The molecule has 0 bridgehead atoms. The van der Waals surface area contributed by atoms with Gasteiger partial charge >= 0.3 is 0 Å². The Hall–Kier alpha value is -1.38. The lowest BCUT2D eigenvalue weighted by Crippen LogP contribution is -2.19. The van der Waals surface area contributed by atoms with Crippen LogP contribution in [0.3, 0.4) is 0 Å². The average Bonchev–Trinajstić information content (AvgIpc) is 2.65. The van der Waals surface area contributed by atoms with E-state index in [1.807, 2.05) is 18.2 Å². The van der Waals surface area contributed by atoms with E-state index in [1.54, 1.807) is 0 Å². The summed E-state index contributed by atoms with van der Waals surface area (Å²) in [5.41, 5.74) is 2.08. The van der Waals surface area contributed by atoms with Crippen LogP contribution in [0, 0.1) is 0 Å². The van der Waals surface area contributed by atoms with Gasteiger partial charge in [-0.15, -0.1) is 0 Å². The average molecular weight is 204 g/mol. The number of nitrogens with zero attached hydrogens (tertiary/aromatic N) is 1. The molecule has 2 heterocycles. The highest BCUT2D eigenvalue weighted by Crippen LogP contribution is 2.23. The maximum Gasteiger partial charge on any atom is 0.220 e. The largest absolute Gasteiger partial charge is 0.348 e. The van der Waals surface area contributed by atoms with Crippen LogP contribution in [0.2, 0.25) is 0 Å². The monoisotopic (exact) mass is 204 g/mol. The second-order valence-electron chi connectivity index (χ2n) is 4.30. The lowest BCUT2D eigenvalue weighted by Gasteiger charge is -2.12. The third kappa shape index (κ3) is 2.17. The number of rotatable bonds is 2. The fourth-order valence-electron chi connectivity index (χ4n) is 1.82. The zero-order valence-electron chi connectivity index (χ0n) is 9.16. The first-order chi connectivity index (χ1) is 7.16. The Labute approximate surface area is 89.9 Å². The summed E-state index contributed by atoms with van der Waals surface area (Å²) in [5.74, 6) is 0.568. The van der Waals surface area contributed by atoms with E-state index in [2.05, 4.69) is 24.1 Å². The molecule has 1 aromatic heterocycles. The summed E-state index contributed by atoms with van der Waals surface area (Å²) in [6.45, 7) is 4.25. The van der Waals surface area contributed by atoms with Gasteiger partial charge in [-0.05, 0) is 24.5 Å². The Morgan fingerprint density at radius 1 is 1.47 bits per heavy atom. The summed E-state index contributed by atoms with van der Waals surface area (Å²) in [7, 11) is 0. The quantitative estimate of drug-likeness (QED) is 0.802. The first-order valence-electron chi connectivity index (χ1n) is 5.43. The molecule has 0 spiro atoms. The molecule has 1 aromatic rings. The van der Waals surface area contributed by atoms with Crippen molar-refractivity contribution in [3.63, 3.8) is 0 Å².